The first kappa shape index (κ1) is 21.3. The maximum absolute atomic E-state index is 11.9. The second-order valence-electron chi connectivity index (χ2n) is 5.96. The first-order valence-electron chi connectivity index (χ1n) is 8.28. The topological polar surface area (TPSA) is 97.0 Å². The van der Waals surface area contributed by atoms with E-state index in [-0.39, 0.29) is 29.7 Å². The van der Waals surface area contributed by atoms with Crippen LogP contribution in [0.15, 0.2) is 53.5 Å². The quantitative estimate of drug-likeness (QED) is 0.373. The largest absolute Gasteiger partial charge is 0.497 e. The van der Waals surface area contributed by atoms with E-state index in [2.05, 4.69) is 10.3 Å². The molecule has 1 saturated heterocycles. The number of benzene rings is 2. The molecule has 9 heteroatoms. The zero-order valence-electron chi connectivity index (χ0n) is 15.0. The van der Waals surface area contributed by atoms with Gasteiger partial charge in [-0.1, -0.05) is 12.1 Å². The second-order valence-corrected chi connectivity index (χ2v) is 7.98. The molecule has 0 aromatic heterocycles. The number of nitrogens with zero attached hydrogens (tertiary/aromatic N) is 2. The molecule has 2 aromatic rings. The van der Waals surface area contributed by atoms with Crippen molar-refractivity contribution in [2.24, 2.45) is 10.7 Å². The van der Waals surface area contributed by atoms with E-state index in [1.54, 1.807) is 19.2 Å². The molecule has 2 aromatic carbocycles. The Morgan fingerprint density at radius 2 is 1.85 bits per heavy atom. The fourth-order valence-electron chi connectivity index (χ4n) is 2.74. The van der Waals surface area contributed by atoms with E-state index in [1.807, 2.05) is 36.4 Å². The molecule has 0 radical (unpaired) electrons. The predicted octanol–water partition coefficient (Wildman–Crippen LogP) is 2.78. The molecular weight excluding hydrogens is 479 g/mol. The Kier molecular flexibility index (Phi) is 7.31. The van der Waals surface area contributed by atoms with Gasteiger partial charge in [0.15, 0.2) is 5.96 Å². The molecule has 1 aliphatic rings. The Morgan fingerprint density at radius 1 is 1.19 bits per heavy atom. The molecule has 3 N–H and O–H groups in total. The molecule has 7 nitrogen and oxygen atoms in total. The van der Waals surface area contributed by atoms with Crippen LogP contribution in [0.25, 0.3) is 0 Å². The van der Waals surface area contributed by atoms with Crippen molar-refractivity contribution >= 4 is 51.3 Å². The van der Waals surface area contributed by atoms with Crippen LogP contribution < -0.4 is 20.1 Å². The van der Waals surface area contributed by atoms with Crippen LogP contribution in [0.4, 0.5) is 11.4 Å². The molecule has 146 valence electrons. The minimum Gasteiger partial charge on any atom is -0.497 e. The van der Waals surface area contributed by atoms with Gasteiger partial charge in [-0.25, -0.2) is 13.4 Å². The molecule has 0 amide bonds. The van der Waals surface area contributed by atoms with Gasteiger partial charge in [-0.05, 0) is 48.4 Å². The first-order valence-corrected chi connectivity index (χ1v) is 9.89. The van der Waals surface area contributed by atoms with Crippen LogP contribution in [0.5, 0.6) is 5.75 Å². The number of hydrogen-bond donors (Lipinski definition) is 2. The number of ether oxygens (including phenoxy) is 1. The predicted molar refractivity (Wildman–Crippen MR) is 120 cm³/mol. The van der Waals surface area contributed by atoms with Crippen molar-refractivity contribution in [3.8, 4) is 5.75 Å². The smallest absolute Gasteiger partial charge is 0.235 e. The number of sulfonamides is 1. The van der Waals surface area contributed by atoms with Crippen molar-refractivity contribution in [1.29, 1.82) is 0 Å². The number of rotatable bonds is 5. The summed E-state index contributed by atoms with van der Waals surface area (Å²) in [6.45, 7) is 0.945. The summed E-state index contributed by atoms with van der Waals surface area (Å²) in [5, 5.41) is 3.02. The molecule has 27 heavy (non-hydrogen) atoms. The van der Waals surface area contributed by atoms with Crippen molar-refractivity contribution in [2.45, 2.75) is 13.0 Å². The zero-order chi connectivity index (χ0) is 18.6. The van der Waals surface area contributed by atoms with Crippen LogP contribution in [0.3, 0.4) is 0 Å². The summed E-state index contributed by atoms with van der Waals surface area (Å²) in [4.78, 5) is 4.31. The van der Waals surface area contributed by atoms with Crippen molar-refractivity contribution in [3.63, 3.8) is 0 Å². The molecule has 0 atom stereocenters. The monoisotopic (exact) mass is 502 g/mol. The summed E-state index contributed by atoms with van der Waals surface area (Å²) in [7, 11) is -1.54. The third kappa shape index (κ3) is 5.48. The summed E-state index contributed by atoms with van der Waals surface area (Å²) in [5.41, 5.74) is 8.37. The van der Waals surface area contributed by atoms with Gasteiger partial charge in [-0.15, -0.1) is 24.0 Å². The molecular formula is C18H23IN4O3S. The standard InChI is InChI=1S/C18H22N4O3S.HI/c1-25-17-9-5-15(6-10-17)21-18(19)20-13-14-3-7-16(8-4-14)22-11-2-12-26(22,23)24;/h3-10H,2,11-13H2,1H3,(H3,19,20,21);1H. The summed E-state index contributed by atoms with van der Waals surface area (Å²) >= 11 is 0. The van der Waals surface area contributed by atoms with Crippen LogP contribution in [0.1, 0.15) is 12.0 Å². The fourth-order valence-corrected chi connectivity index (χ4v) is 4.30. The average Bonchev–Trinajstić information content (AvgIpc) is 3.00. The number of aliphatic imine (C=N–C) groups is 1. The molecule has 1 fully saturated rings. The maximum Gasteiger partial charge on any atom is 0.235 e. The van der Waals surface area contributed by atoms with Gasteiger partial charge < -0.3 is 15.8 Å². The number of guanidine groups is 1. The third-order valence-electron chi connectivity index (χ3n) is 4.12. The molecule has 1 aliphatic heterocycles. The lowest BCUT2D eigenvalue weighted by atomic mass is 10.2. The minimum absolute atomic E-state index is 0. The highest BCUT2D eigenvalue weighted by molar-refractivity contribution is 14.0. The summed E-state index contributed by atoms with van der Waals surface area (Å²) in [6, 6.07) is 14.7. The van der Waals surface area contributed by atoms with E-state index in [4.69, 9.17) is 10.5 Å². The van der Waals surface area contributed by atoms with Crippen molar-refractivity contribution in [3.05, 3.63) is 54.1 Å². The summed E-state index contributed by atoms with van der Waals surface area (Å²) in [5.74, 6) is 1.29. The van der Waals surface area contributed by atoms with Gasteiger partial charge in [0.1, 0.15) is 5.75 Å². The number of methoxy groups -OCH3 is 1. The van der Waals surface area contributed by atoms with Crippen molar-refractivity contribution in [2.75, 3.05) is 29.0 Å². The first-order chi connectivity index (χ1) is 12.5. The maximum atomic E-state index is 11.9. The van der Waals surface area contributed by atoms with E-state index >= 15 is 0 Å². The van der Waals surface area contributed by atoms with E-state index in [0.717, 1.165) is 17.0 Å². The van der Waals surface area contributed by atoms with Gasteiger partial charge in [0.05, 0.1) is 25.1 Å². The fraction of sp³-hybridized carbons (Fsp3) is 0.278. The zero-order valence-corrected chi connectivity index (χ0v) is 18.1. The minimum atomic E-state index is -3.15. The molecule has 0 saturated carbocycles. The van der Waals surface area contributed by atoms with Crippen LogP contribution >= 0.6 is 24.0 Å². The molecule has 3 rings (SSSR count). The average molecular weight is 502 g/mol. The van der Waals surface area contributed by atoms with Crippen LogP contribution in [0, 0.1) is 0 Å². The lowest BCUT2D eigenvalue weighted by molar-refractivity contribution is 0.415. The van der Waals surface area contributed by atoms with E-state index in [1.165, 1.54) is 4.31 Å². The Balaban J connectivity index is 0.00000261. The van der Waals surface area contributed by atoms with Gasteiger partial charge in [-0.3, -0.25) is 4.31 Å². The van der Waals surface area contributed by atoms with Gasteiger partial charge >= 0.3 is 0 Å². The Bertz CT molecular complexity index is 884. The molecule has 0 aliphatic carbocycles. The molecule has 0 unspecified atom stereocenters. The second kappa shape index (κ2) is 9.27. The highest BCUT2D eigenvalue weighted by atomic mass is 127. The highest BCUT2D eigenvalue weighted by Gasteiger charge is 2.28. The van der Waals surface area contributed by atoms with E-state index in [0.29, 0.717) is 31.2 Å². The van der Waals surface area contributed by atoms with Crippen molar-refractivity contribution < 1.29 is 13.2 Å². The number of hydrogen-bond acceptors (Lipinski definition) is 4. The molecule has 0 spiro atoms. The van der Waals surface area contributed by atoms with Crippen LogP contribution in [-0.4, -0.2) is 33.8 Å². The number of halogens is 1. The van der Waals surface area contributed by atoms with Crippen LogP contribution in [0.2, 0.25) is 0 Å². The molecule has 0 bridgehead atoms. The van der Waals surface area contributed by atoms with E-state index < -0.39 is 10.0 Å². The lowest BCUT2D eigenvalue weighted by Crippen LogP contribution is -2.25. The lowest BCUT2D eigenvalue weighted by Gasteiger charge is -2.16. The third-order valence-corrected chi connectivity index (χ3v) is 5.99. The highest BCUT2D eigenvalue weighted by Crippen LogP contribution is 2.24. The summed E-state index contributed by atoms with van der Waals surface area (Å²) < 4.78 is 30.5. The van der Waals surface area contributed by atoms with Gasteiger partial charge in [-0.2, -0.15) is 0 Å². The Hall–Kier alpha value is -2.01. The normalized spacial score (nSPS) is 15.9. The van der Waals surface area contributed by atoms with Gasteiger partial charge in [0.25, 0.3) is 0 Å². The van der Waals surface area contributed by atoms with E-state index in [9.17, 15) is 8.42 Å². The van der Waals surface area contributed by atoms with Crippen LogP contribution in [-0.2, 0) is 16.6 Å². The SMILES string of the molecule is COc1ccc(NC(N)=NCc2ccc(N3CCCS3(=O)=O)cc2)cc1.I. The number of anilines is 2. The number of nitrogens with one attached hydrogen (secondary N) is 1. The summed E-state index contributed by atoms with van der Waals surface area (Å²) in [6.07, 6.45) is 0.669. The number of nitrogens with two attached hydrogens (primary N) is 1. The Labute approximate surface area is 176 Å². The van der Waals surface area contributed by atoms with Crippen molar-refractivity contribution in [1.82, 2.24) is 0 Å². The van der Waals surface area contributed by atoms with Gasteiger partial charge in [0.2, 0.25) is 10.0 Å². The molecule has 1 heterocycles. The Morgan fingerprint density at radius 3 is 2.41 bits per heavy atom. The van der Waals surface area contributed by atoms with Gasteiger partial charge in [0, 0.05) is 12.2 Å².